The number of ether oxygens (including phenoxy) is 3. The number of likely N-dealkylation sites (tertiary alicyclic amines) is 1. The van der Waals surface area contributed by atoms with Crippen LogP contribution in [0.5, 0.6) is 5.75 Å². The van der Waals surface area contributed by atoms with E-state index in [1.807, 2.05) is 23.1 Å². The van der Waals surface area contributed by atoms with E-state index in [0.717, 1.165) is 31.6 Å². The minimum atomic E-state index is -0.284. The van der Waals surface area contributed by atoms with Crippen molar-refractivity contribution in [2.45, 2.75) is 57.8 Å². The summed E-state index contributed by atoms with van der Waals surface area (Å²) in [6, 6.07) is 7.99. The maximum atomic E-state index is 12.7. The van der Waals surface area contributed by atoms with Crippen LogP contribution in [0.15, 0.2) is 24.3 Å². The van der Waals surface area contributed by atoms with Gasteiger partial charge in [-0.25, -0.2) is 0 Å². The first-order valence-electron chi connectivity index (χ1n) is 9.21. The second-order valence-corrected chi connectivity index (χ2v) is 7.83. The number of carbonyl (C=O) groups excluding carboxylic acids is 1. The van der Waals surface area contributed by atoms with Gasteiger partial charge in [0.15, 0.2) is 12.9 Å². The van der Waals surface area contributed by atoms with Crippen molar-refractivity contribution >= 4 is 5.91 Å². The van der Waals surface area contributed by atoms with Gasteiger partial charge in [-0.3, -0.25) is 4.79 Å². The Bertz CT molecular complexity index is 590. The van der Waals surface area contributed by atoms with Crippen LogP contribution >= 0.6 is 0 Å². The Morgan fingerprint density at radius 2 is 2.00 bits per heavy atom. The van der Waals surface area contributed by atoms with E-state index in [1.54, 1.807) is 0 Å². The third kappa shape index (κ3) is 4.53. The first-order valence-corrected chi connectivity index (χ1v) is 9.21. The van der Waals surface area contributed by atoms with Gasteiger partial charge in [-0.05, 0) is 42.4 Å². The molecule has 2 heterocycles. The summed E-state index contributed by atoms with van der Waals surface area (Å²) >= 11 is 0. The van der Waals surface area contributed by atoms with Gasteiger partial charge in [-0.15, -0.1) is 0 Å². The average molecular weight is 347 g/mol. The molecule has 0 bridgehead atoms. The van der Waals surface area contributed by atoms with Crippen LogP contribution in [-0.2, 0) is 19.7 Å². The first-order chi connectivity index (χ1) is 11.9. The molecule has 1 amide bonds. The lowest BCUT2D eigenvalue weighted by molar-refractivity contribution is -0.152. The Labute approximate surface area is 150 Å². The molecule has 1 unspecified atom stereocenters. The lowest BCUT2D eigenvalue weighted by atomic mass is 9.87. The summed E-state index contributed by atoms with van der Waals surface area (Å²) in [5.74, 6) is 0.743. The Kier molecular flexibility index (Phi) is 5.64. The number of benzene rings is 1. The monoisotopic (exact) mass is 347 g/mol. The molecule has 5 heteroatoms. The number of nitrogens with zero attached hydrogens (tertiary/aromatic N) is 1. The van der Waals surface area contributed by atoms with E-state index in [0.29, 0.717) is 13.2 Å². The highest BCUT2D eigenvalue weighted by Crippen LogP contribution is 2.27. The summed E-state index contributed by atoms with van der Waals surface area (Å²) in [6.45, 7) is 8.51. The van der Waals surface area contributed by atoms with Gasteiger partial charge < -0.3 is 19.1 Å². The van der Waals surface area contributed by atoms with Crippen molar-refractivity contribution < 1.29 is 19.0 Å². The largest absolute Gasteiger partial charge is 0.484 e. The first kappa shape index (κ1) is 18.2. The summed E-state index contributed by atoms with van der Waals surface area (Å²) in [5, 5.41) is 0. The van der Waals surface area contributed by atoms with E-state index in [1.165, 1.54) is 5.56 Å². The molecule has 2 fully saturated rings. The third-order valence-electron chi connectivity index (χ3n) is 4.89. The predicted octanol–water partition coefficient (Wildman–Crippen LogP) is 3.12. The minimum absolute atomic E-state index is 0.00459. The summed E-state index contributed by atoms with van der Waals surface area (Å²) in [5.41, 5.74) is 1.25. The third-order valence-corrected chi connectivity index (χ3v) is 4.89. The van der Waals surface area contributed by atoms with Crippen LogP contribution in [0.4, 0.5) is 0 Å². The molecule has 0 radical (unpaired) electrons. The Hall–Kier alpha value is -1.59. The SMILES string of the molecule is CC(C)(C)c1cccc(OCC(=O)N2CCCCC2C2OCCO2)c1. The molecular weight excluding hydrogens is 318 g/mol. The van der Waals surface area contributed by atoms with Crippen LogP contribution in [0.3, 0.4) is 0 Å². The molecule has 3 rings (SSSR count). The van der Waals surface area contributed by atoms with E-state index < -0.39 is 0 Å². The van der Waals surface area contributed by atoms with Gasteiger partial charge in [-0.1, -0.05) is 32.9 Å². The predicted molar refractivity (Wildman–Crippen MR) is 95.7 cm³/mol. The van der Waals surface area contributed by atoms with Crippen molar-refractivity contribution in [3.8, 4) is 5.75 Å². The second-order valence-electron chi connectivity index (χ2n) is 7.83. The lowest BCUT2D eigenvalue weighted by Gasteiger charge is -2.37. The smallest absolute Gasteiger partial charge is 0.260 e. The zero-order valence-electron chi connectivity index (χ0n) is 15.5. The molecule has 5 nitrogen and oxygen atoms in total. The van der Waals surface area contributed by atoms with Crippen molar-refractivity contribution in [2.75, 3.05) is 26.4 Å². The molecule has 0 spiro atoms. The van der Waals surface area contributed by atoms with Gasteiger partial charge in [0.1, 0.15) is 5.75 Å². The zero-order chi connectivity index (χ0) is 17.9. The van der Waals surface area contributed by atoms with Crippen molar-refractivity contribution in [2.24, 2.45) is 0 Å². The lowest BCUT2D eigenvalue weighted by Crippen LogP contribution is -2.51. The van der Waals surface area contributed by atoms with Crippen molar-refractivity contribution in [1.29, 1.82) is 0 Å². The molecule has 0 N–H and O–H groups in total. The molecule has 2 aliphatic heterocycles. The second kappa shape index (κ2) is 7.75. The van der Waals surface area contributed by atoms with Gasteiger partial charge in [0, 0.05) is 6.54 Å². The summed E-state index contributed by atoms with van der Waals surface area (Å²) in [6.07, 6.45) is 2.77. The maximum Gasteiger partial charge on any atom is 0.260 e. The Morgan fingerprint density at radius 1 is 1.24 bits per heavy atom. The van der Waals surface area contributed by atoms with E-state index in [9.17, 15) is 4.79 Å². The van der Waals surface area contributed by atoms with Crippen molar-refractivity contribution in [1.82, 2.24) is 4.90 Å². The highest BCUT2D eigenvalue weighted by atomic mass is 16.7. The number of piperidine rings is 1. The van der Waals surface area contributed by atoms with Crippen LogP contribution in [0, 0.1) is 0 Å². The highest BCUT2D eigenvalue weighted by Gasteiger charge is 2.36. The quantitative estimate of drug-likeness (QED) is 0.840. The highest BCUT2D eigenvalue weighted by molar-refractivity contribution is 5.78. The number of hydrogen-bond donors (Lipinski definition) is 0. The Balaban J connectivity index is 1.61. The van der Waals surface area contributed by atoms with Crippen LogP contribution in [-0.4, -0.2) is 49.5 Å². The van der Waals surface area contributed by atoms with Crippen LogP contribution < -0.4 is 4.74 Å². The minimum Gasteiger partial charge on any atom is -0.484 e. The fourth-order valence-corrected chi connectivity index (χ4v) is 3.43. The fraction of sp³-hybridized carbons (Fsp3) is 0.650. The molecule has 0 aliphatic carbocycles. The molecular formula is C20H29NO4. The topological polar surface area (TPSA) is 48.0 Å². The van der Waals surface area contributed by atoms with Crippen molar-refractivity contribution in [3.05, 3.63) is 29.8 Å². The van der Waals surface area contributed by atoms with Crippen molar-refractivity contribution in [3.63, 3.8) is 0 Å². The number of carbonyl (C=O) groups is 1. The maximum absolute atomic E-state index is 12.7. The molecule has 1 aromatic carbocycles. The molecule has 2 saturated heterocycles. The Morgan fingerprint density at radius 3 is 2.72 bits per heavy atom. The number of hydrogen-bond acceptors (Lipinski definition) is 4. The van der Waals surface area contributed by atoms with Crippen LogP contribution in [0.2, 0.25) is 0 Å². The van der Waals surface area contributed by atoms with E-state index in [-0.39, 0.29) is 30.3 Å². The molecule has 1 atom stereocenters. The van der Waals surface area contributed by atoms with E-state index in [4.69, 9.17) is 14.2 Å². The van der Waals surface area contributed by atoms with Gasteiger partial charge in [0.2, 0.25) is 0 Å². The molecule has 0 aromatic heterocycles. The molecule has 138 valence electrons. The van der Waals surface area contributed by atoms with Gasteiger partial charge in [-0.2, -0.15) is 0 Å². The van der Waals surface area contributed by atoms with Crippen LogP contribution in [0.1, 0.15) is 45.6 Å². The summed E-state index contributed by atoms with van der Waals surface area (Å²) in [7, 11) is 0. The molecule has 1 aromatic rings. The van der Waals surface area contributed by atoms with Gasteiger partial charge >= 0.3 is 0 Å². The normalized spacial score (nSPS) is 22.2. The van der Waals surface area contributed by atoms with Gasteiger partial charge in [0.25, 0.3) is 5.91 Å². The average Bonchev–Trinajstić information content (AvgIpc) is 3.14. The number of amides is 1. The summed E-state index contributed by atoms with van der Waals surface area (Å²) in [4.78, 5) is 14.6. The molecule has 25 heavy (non-hydrogen) atoms. The molecule has 0 saturated carbocycles. The zero-order valence-corrected chi connectivity index (χ0v) is 15.5. The molecule has 2 aliphatic rings. The number of rotatable bonds is 4. The fourth-order valence-electron chi connectivity index (χ4n) is 3.43. The standard InChI is InChI=1S/C20H29NO4/c1-20(2,3)15-7-6-8-16(13-15)25-14-18(22)21-10-5-4-9-17(21)19-23-11-12-24-19/h6-8,13,17,19H,4-5,9-12,14H2,1-3H3. The van der Waals surface area contributed by atoms with E-state index >= 15 is 0 Å². The van der Waals surface area contributed by atoms with E-state index in [2.05, 4.69) is 26.8 Å². The summed E-state index contributed by atoms with van der Waals surface area (Å²) < 4.78 is 17.1. The van der Waals surface area contributed by atoms with Crippen LogP contribution in [0.25, 0.3) is 0 Å². The van der Waals surface area contributed by atoms with Gasteiger partial charge in [0.05, 0.1) is 19.3 Å².